The Morgan fingerprint density at radius 2 is 1.96 bits per heavy atom. The summed E-state index contributed by atoms with van der Waals surface area (Å²) < 4.78 is 3.08. The van der Waals surface area contributed by atoms with Crippen molar-refractivity contribution in [3.8, 4) is 0 Å². The molecular weight excluding hydrogens is 352 g/mol. The highest BCUT2D eigenvalue weighted by Gasteiger charge is 2.29. The molecular formula is C18H17BrN4. The molecule has 5 heteroatoms. The molecule has 0 radical (unpaired) electrons. The summed E-state index contributed by atoms with van der Waals surface area (Å²) in [6.45, 7) is 2.11. The number of anilines is 1. The molecule has 0 fully saturated rings. The van der Waals surface area contributed by atoms with E-state index >= 15 is 0 Å². The van der Waals surface area contributed by atoms with Crippen molar-refractivity contribution in [3.05, 3.63) is 76.0 Å². The zero-order valence-corrected chi connectivity index (χ0v) is 14.4. The van der Waals surface area contributed by atoms with Crippen molar-refractivity contribution in [2.45, 2.75) is 25.4 Å². The summed E-state index contributed by atoms with van der Waals surface area (Å²) in [6.07, 6.45) is 2.56. The third-order valence-corrected chi connectivity index (χ3v) is 4.84. The molecule has 0 saturated carbocycles. The second-order valence-corrected chi connectivity index (χ2v) is 6.86. The van der Waals surface area contributed by atoms with E-state index in [9.17, 15) is 0 Å². The number of aryl methyl sites for hydroxylation is 1. The minimum Gasteiger partial charge on any atom is -0.348 e. The van der Waals surface area contributed by atoms with Gasteiger partial charge >= 0.3 is 0 Å². The average molecular weight is 369 g/mol. The number of hydrogen-bond acceptors (Lipinski definition) is 3. The molecule has 1 aliphatic rings. The van der Waals surface area contributed by atoms with E-state index in [4.69, 9.17) is 0 Å². The molecule has 1 aromatic heterocycles. The molecule has 3 aromatic rings. The van der Waals surface area contributed by atoms with Crippen molar-refractivity contribution in [2.75, 3.05) is 5.32 Å². The van der Waals surface area contributed by atoms with Gasteiger partial charge < -0.3 is 5.32 Å². The Morgan fingerprint density at radius 3 is 2.74 bits per heavy atom. The van der Waals surface area contributed by atoms with Gasteiger partial charge in [-0.05, 0) is 36.6 Å². The summed E-state index contributed by atoms with van der Waals surface area (Å²) in [4.78, 5) is 4.38. The van der Waals surface area contributed by atoms with E-state index in [1.807, 2.05) is 10.7 Å². The topological polar surface area (TPSA) is 42.7 Å². The number of nitrogens with one attached hydrogen (secondary N) is 1. The predicted molar refractivity (Wildman–Crippen MR) is 94.5 cm³/mol. The number of benzene rings is 2. The van der Waals surface area contributed by atoms with Crippen LogP contribution in [0.3, 0.4) is 0 Å². The first-order valence-electron chi connectivity index (χ1n) is 7.69. The molecule has 0 spiro atoms. The van der Waals surface area contributed by atoms with Crippen LogP contribution >= 0.6 is 15.9 Å². The van der Waals surface area contributed by atoms with Gasteiger partial charge in [0.2, 0.25) is 5.95 Å². The first-order chi connectivity index (χ1) is 11.2. The van der Waals surface area contributed by atoms with E-state index in [2.05, 4.69) is 80.7 Å². The van der Waals surface area contributed by atoms with Crippen molar-refractivity contribution < 1.29 is 0 Å². The maximum absolute atomic E-state index is 4.42. The van der Waals surface area contributed by atoms with Crippen LogP contribution in [0.2, 0.25) is 0 Å². The summed E-state index contributed by atoms with van der Waals surface area (Å²) in [5.74, 6) is 0.826. The molecule has 1 N–H and O–H groups in total. The van der Waals surface area contributed by atoms with Crippen LogP contribution in [0.4, 0.5) is 5.95 Å². The number of hydrogen-bond donors (Lipinski definition) is 1. The van der Waals surface area contributed by atoms with Gasteiger partial charge in [0.25, 0.3) is 0 Å². The zero-order chi connectivity index (χ0) is 15.8. The smallest absolute Gasteiger partial charge is 0.222 e. The third kappa shape index (κ3) is 2.77. The van der Waals surface area contributed by atoms with Gasteiger partial charge in [-0.25, -0.2) is 4.68 Å². The maximum Gasteiger partial charge on any atom is 0.222 e. The second kappa shape index (κ2) is 5.81. The fourth-order valence-electron chi connectivity index (χ4n) is 3.13. The Hall–Kier alpha value is -2.14. The summed E-state index contributed by atoms with van der Waals surface area (Å²) >= 11 is 3.56. The van der Waals surface area contributed by atoms with Gasteiger partial charge in [0, 0.05) is 4.47 Å². The molecule has 116 valence electrons. The zero-order valence-electron chi connectivity index (χ0n) is 12.8. The molecule has 4 nitrogen and oxygen atoms in total. The Kier molecular flexibility index (Phi) is 3.65. The molecule has 0 bridgehead atoms. The standard InChI is InChI=1S/C18H17BrN4/c1-12-5-7-13(8-6-12)17-10-16(14-3-2-4-15(19)9-14)22-18-20-11-21-23(17)18/h2-9,11,16-17H,10H2,1H3,(H,20,21,22)/t16-,17+/m1/s1. The fraction of sp³-hybridized carbons (Fsp3) is 0.222. The van der Waals surface area contributed by atoms with Crippen molar-refractivity contribution in [3.63, 3.8) is 0 Å². The molecule has 23 heavy (non-hydrogen) atoms. The summed E-state index contributed by atoms with van der Waals surface area (Å²) in [5.41, 5.74) is 3.79. The molecule has 0 aliphatic carbocycles. The third-order valence-electron chi connectivity index (χ3n) is 4.34. The van der Waals surface area contributed by atoms with Crippen molar-refractivity contribution in [2.24, 2.45) is 0 Å². The minimum absolute atomic E-state index is 0.193. The molecule has 2 heterocycles. The van der Waals surface area contributed by atoms with E-state index in [1.165, 1.54) is 16.7 Å². The van der Waals surface area contributed by atoms with E-state index < -0.39 is 0 Å². The average Bonchev–Trinajstić information content (AvgIpc) is 3.03. The van der Waals surface area contributed by atoms with Gasteiger partial charge in [-0.3, -0.25) is 0 Å². The number of fused-ring (bicyclic) bond motifs is 1. The number of halogens is 1. The molecule has 0 unspecified atom stereocenters. The summed E-state index contributed by atoms with van der Waals surface area (Å²) in [5, 5.41) is 7.92. The Labute approximate surface area is 143 Å². The monoisotopic (exact) mass is 368 g/mol. The Balaban J connectivity index is 1.73. The van der Waals surface area contributed by atoms with Gasteiger partial charge in [0.1, 0.15) is 6.33 Å². The summed E-state index contributed by atoms with van der Waals surface area (Å²) in [6, 6.07) is 17.5. The lowest BCUT2D eigenvalue weighted by Gasteiger charge is -2.32. The van der Waals surface area contributed by atoms with Crippen LogP contribution in [0.15, 0.2) is 59.3 Å². The maximum atomic E-state index is 4.42. The van der Waals surface area contributed by atoms with Crippen LogP contribution < -0.4 is 5.32 Å². The van der Waals surface area contributed by atoms with Gasteiger partial charge in [-0.2, -0.15) is 10.1 Å². The Morgan fingerprint density at radius 1 is 1.13 bits per heavy atom. The lowest BCUT2D eigenvalue weighted by Crippen LogP contribution is -2.28. The van der Waals surface area contributed by atoms with Crippen LogP contribution in [0.1, 0.15) is 35.2 Å². The quantitative estimate of drug-likeness (QED) is 0.724. The van der Waals surface area contributed by atoms with E-state index in [-0.39, 0.29) is 12.1 Å². The number of rotatable bonds is 2. The van der Waals surface area contributed by atoms with Crippen LogP contribution in [0.5, 0.6) is 0 Å². The molecule has 0 amide bonds. The molecule has 2 atom stereocenters. The lowest BCUT2D eigenvalue weighted by molar-refractivity contribution is 0.431. The molecule has 2 aromatic carbocycles. The van der Waals surface area contributed by atoms with Crippen LogP contribution in [0.25, 0.3) is 0 Å². The predicted octanol–water partition coefficient (Wildman–Crippen LogP) is 4.50. The van der Waals surface area contributed by atoms with Crippen LogP contribution in [-0.4, -0.2) is 14.8 Å². The van der Waals surface area contributed by atoms with Crippen LogP contribution in [0, 0.1) is 6.92 Å². The van der Waals surface area contributed by atoms with E-state index in [1.54, 1.807) is 6.33 Å². The number of aromatic nitrogens is 3. The van der Waals surface area contributed by atoms with Crippen molar-refractivity contribution in [1.29, 1.82) is 0 Å². The fourth-order valence-corrected chi connectivity index (χ4v) is 3.54. The van der Waals surface area contributed by atoms with E-state index in [0.717, 1.165) is 16.8 Å². The lowest BCUT2D eigenvalue weighted by atomic mass is 9.93. The molecule has 1 aliphatic heterocycles. The largest absolute Gasteiger partial charge is 0.348 e. The second-order valence-electron chi connectivity index (χ2n) is 5.94. The van der Waals surface area contributed by atoms with Crippen molar-refractivity contribution >= 4 is 21.9 Å². The summed E-state index contributed by atoms with van der Waals surface area (Å²) in [7, 11) is 0. The highest BCUT2D eigenvalue weighted by molar-refractivity contribution is 9.10. The van der Waals surface area contributed by atoms with Crippen LogP contribution in [-0.2, 0) is 0 Å². The molecule has 0 saturated heterocycles. The molecule has 4 rings (SSSR count). The normalized spacial score (nSPS) is 19.9. The highest BCUT2D eigenvalue weighted by Crippen LogP contribution is 2.37. The Bertz CT molecular complexity index is 825. The van der Waals surface area contributed by atoms with Gasteiger partial charge in [-0.15, -0.1) is 0 Å². The minimum atomic E-state index is 0.193. The first kappa shape index (κ1) is 14.5. The first-order valence-corrected chi connectivity index (χ1v) is 8.48. The number of nitrogens with zero attached hydrogens (tertiary/aromatic N) is 3. The van der Waals surface area contributed by atoms with Crippen molar-refractivity contribution in [1.82, 2.24) is 14.8 Å². The van der Waals surface area contributed by atoms with Gasteiger partial charge in [-0.1, -0.05) is 57.9 Å². The highest BCUT2D eigenvalue weighted by atomic mass is 79.9. The van der Waals surface area contributed by atoms with Gasteiger partial charge in [0.05, 0.1) is 12.1 Å². The van der Waals surface area contributed by atoms with Gasteiger partial charge in [0.15, 0.2) is 0 Å². The SMILES string of the molecule is Cc1ccc([C@@H]2C[C@H](c3cccc(Br)c3)Nc3ncnn32)cc1. The van der Waals surface area contributed by atoms with E-state index in [0.29, 0.717) is 0 Å².